The number of aromatic nitrogens is 4. The molecule has 1 aromatic carbocycles. The number of nitrogens with zero attached hydrogens (tertiary/aromatic N) is 3. The van der Waals surface area contributed by atoms with Crippen LogP contribution in [0.4, 0.5) is 0 Å². The van der Waals surface area contributed by atoms with E-state index >= 15 is 0 Å². The summed E-state index contributed by atoms with van der Waals surface area (Å²) in [6.45, 7) is 6.68. The van der Waals surface area contributed by atoms with Gasteiger partial charge in [0.2, 0.25) is 0 Å². The van der Waals surface area contributed by atoms with E-state index in [9.17, 15) is 19.2 Å². The van der Waals surface area contributed by atoms with Crippen molar-refractivity contribution in [1.82, 2.24) is 19.1 Å². The first-order chi connectivity index (χ1) is 15.8. The summed E-state index contributed by atoms with van der Waals surface area (Å²) in [5, 5.41) is 0. The zero-order chi connectivity index (χ0) is 24.0. The van der Waals surface area contributed by atoms with Crippen LogP contribution in [0, 0.1) is 5.92 Å². The van der Waals surface area contributed by atoms with Gasteiger partial charge >= 0.3 is 11.7 Å². The number of esters is 1. The molecule has 0 spiro atoms. The fraction of sp³-hybridized carbons (Fsp3) is 0.458. The van der Waals surface area contributed by atoms with Gasteiger partial charge in [0.15, 0.2) is 23.6 Å². The van der Waals surface area contributed by atoms with Crippen molar-refractivity contribution in [2.45, 2.75) is 59.5 Å². The molecule has 3 aromatic rings. The third-order valence-electron chi connectivity index (χ3n) is 5.26. The predicted octanol–water partition coefficient (Wildman–Crippen LogP) is 2.70. The number of fused-ring (bicyclic) bond motifs is 1. The SMILES string of the molecule is CCCCn1c(=O)[nH]c(=O)c2c1nc(CCC(=O)OCC(=O)c1ccccc1)n2CC(C)C. The molecule has 0 radical (unpaired) electrons. The topological polar surface area (TPSA) is 116 Å². The van der Waals surface area contributed by atoms with Crippen molar-refractivity contribution in [1.29, 1.82) is 0 Å². The summed E-state index contributed by atoms with van der Waals surface area (Å²) >= 11 is 0. The van der Waals surface area contributed by atoms with Gasteiger partial charge in [-0.2, -0.15) is 0 Å². The number of nitrogens with one attached hydrogen (secondary N) is 1. The normalized spacial score (nSPS) is 11.3. The molecule has 0 aliphatic heterocycles. The van der Waals surface area contributed by atoms with Crippen molar-refractivity contribution >= 4 is 22.9 Å². The van der Waals surface area contributed by atoms with Crippen LogP contribution in [-0.4, -0.2) is 37.5 Å². The standard InChI is InChI=1S/C24H30N4O5/c1-4-5-13-27-22-21(23(31)26-24(27)32)28(14-16(2)3)19(25-22)11-12-20(30)33-15-18(29)17-9-7-6-8-10-17/h6-10,16H,4-5,11-15H2,1-3H3,(H,26,31,32). The van der Waals surface area contributed by atoms with Crippen molar-refractivity contribution in [2.24, 2.45) is 5.92 Å². The number of hydrogen-bond donors (Lipinski definition) is 1. The molecule has 0 aliphatic carbocycles. The molecule has 0 unspecified atom stereocenters. The molecule has 2 aromatic heterocycles. The Hall–Kier alpha value is -3.49. The Morgan fingerprint density at radius 2 is 1.85 bits per heavy atom. The molecule has 0 saturated heterocycles. The highest BCUT2D eigenvalue weighted by molar-refractivity contribution is 5.97. The Bertz CT molecular complexity index is 1240. The number of Topliss-reactive ketones (excluding diaryl/α,β-unsaturated/α-hetero) is 1. The first-order valence-electron chi connectivity index (χ1n) is 11.3. The van der Waals surface area contributed by atoms with Crippen molar-refractivity contribution in [3.05, 3.63) is 62.6 Å². The molecule has 0 atom stereocenters. The maximum atomic E-state index is 12.6. The van der Waals surface area contributed by atoms with E-state index in [1.54, 1.807) is 34.9 Å². The molecule has 176 valence electrons. The second-order valence-electron chi connectivity index (χ2n) is 8.42. The van der Waals surface area contributed by atoms with Gasteiger partial charge in [-0.15, -0.1) is 0 Å². The van der Waals surface area contributed by atoms with Gasteiger partial charge in [0.05, 0.1) is 6.42 Å². The molecule has 0 saturated carbocycles. The number of H-pyrrole nitrogens is 1. The number of imidazole rings is 1. The van der Waals surface area contributed by atoms with E-state index in [2.05, 4.69) is 9.97 Å². The van der Waals surface area contributed by atoms with Crippen LogP contribution in [0.2, 0.25) is 0 Å². The summed E-state index contributed by atoms with van der Waals surface area (Å²) in [6.07, 6.45) is 1.89. The lowest BCUT2D eigenvalue weighted by molar-refractivity contribution is -0.142. The third-order valence-corrected chi connectivity index (χ3v) is 5.26. The van der Waals surface area contributed by atoms with Crippen LogP contribution in [0.25, 0.3) is 11.2 Å². The van der Waals surface area contributed by atoms with E-state index < -0.39 is 17.2 Å². The van der Waals surface area contributed by atoms with E-state index in [0.29, 0.717) is 35.6 Å². The highest BCUT2D eigenvalue weighted by atomic mass is 16.5. The molecule has 0 fully saturated rings. The number of rotatable bonds is 11. The van der Waals surface area contributed by atoms with E-state index in [4.69, 9.17) is 4.74 Å². The summed E-state index contributed by atoms with van der Waals surface area (Å²) < 4.78 is 8.41. The fourth-order valence-corrected chi connectivity index (χ4v) is 3.63. The van der Waals surface area contributed by atoms with Gasteiger partial charge in [0.1, 0.15) is 5.82 Å². The largest absolute Gasteiger partial charge is 0.457 e. The second kappa shape index (κ2) is 10.9. The van der Waals surface area contributed by atoms with E-state index in [0.717, 1.165) is 12.8 Å². The quantitative estimate of drug-likeness (QED) is 0.352. The zero-order valence-electron chi connectivity index (χ0n) is 19.3. The van der Waals surface area contributed by atoms with Crippen LogP contribution in [0.1, 0.15) is 56.2 Å². The monoisotopic (exact) mass is 454 g/mol. The van der Waals surface area contributed by atoms with Crippen LogP contribution in [0.3, 0.4) is 0 Å². The number of ether oxygens (including phenoxy) is 1. The van der Waals surface area contributed by atoms with Crippen molar-refractivity contribution < 1.29 is 14.3 Å². The molecule has 0 aliphatic rings. The lowest BCUT2D eigenvalue weighted by Crippen LogP contribution is -2.31. The van der Waals surface area contributed by atoms with E-state index in [-0.39, 0.29) is 31.1 Å². The van der Waals surface area contributed by atoms with Gasteiger partial charge in [0, 0.05) is 25.1 Å². The predicted molar refractivity (Wildman–Crippen MR) is 124 cm³/mol. The van der Waals surface area contributed by atoms with Crippen molar-refractivity contribution in [2.75, 3.05) is 6.61 Å². The van der Waals surface area contributed by atoms with Crippen LogP contribution in [0.5, 0.6) is 0 Å². The van der Waals surface area contributed by atoms with Crippen LogP contribution < -0.4 is 11.2 Å². The maximum absolute atomic E-state index is 12.6. The molecule has 1 N–H and O–H groups in total. The van der Waals surface area contributed by atoms with Gasteiger partial charge < -0.3 is 9.30 Å². The summed E-state index contributed by atoms with van der Waals surface area (Å²) in [7, 11) is 0. The molecule has 33 heavy (non-hydrogen) atoms. The maximum Gasteiger partial charge on any atom is 0.330 e. The molecule has 9 nitrogen and oxygen atoms in total. The fourth-order valence-electron chi connectivity index (χ4n) is 3.63. The Morgan fingerprint density at radius 3 is 2.52 bits per heavy atom. The van der Waals surface area contributed by atoms with Gasteiger partial charge in [-0.05, 0) is 12.3 Å². The molecule has 9 heteroatoms. The third kappa shape index (κ3) is 5.85. The lowest BCUT2D eigenvalue weighted by Gasteiger charge is -2.11. The first-order valence-corrected chi connectivity index (χ1v) is 11.3. The first kappa shape index (κ1) is 24.2. The summed E-state index contributed by atoms with van der Waals surface area (Å²) in [6, 6.07) is 8.63. The number of ketones is 1. The van der Waals surface area contributed by atoms with Crippen LogP contribution in [-0.2, 0) is 29.0 Å². The number of benzene rings is 1. The second-order valence-corrected chi connectivity index (χ2v) is 8.42. The van der Waals surface area contributed by atoms with Crippen LogP contribution >= 0.6 is 0 Å². The van der Waals surface area contributed by atoms with Gasteiger partial charge in [0.25, 0.3) is 5.56 Å². The summed E-state index contributed by atoms with van der Waals surface area (Å²) in [5.41, 5.74) is 0.175. The molecule has 3 rings (SSSR count). The number of carbonyl (C=O) groups excluding carboxylic acids is 2. The number of aryl methyl sites for hydroxylation is 2. The number of carbonyl (C=O) groups is 2. The molecule has 2 heterocycles. The van der Waals surface area contributed by atoms with Gasteiger partial charge in [-0.3, -0.25) is 23.9 Å². The lowest BCUT2D eigenvalue weighted by atomic mass is 10.1. The Labute approximate surface area is 191 Å². The van der Waals surface area contributed by atoms with Crippen LogP contribution in [0.15, 0.2) is 39.9 Å². The summed E-state index contributed by atoms with van der Waals surface area (Å²) in [4.78, 5) is 56.4. The Balaban J connectivity index is 1.80. The smallest absolute Gasteiger partial charge is 0.330 e. The Morgan fingerprint density at radius 1 is 1.12 bits per heavy atom. The Kier molecular flexibility index (Phi) is 7.97. The number of unbranched alkanes of at least 4 members (excludes halogenated alkanes) is 1. The van der Waals surface area contributed by atoms with Gasteiger partial charge in [-0.25, -0.2) is 9.78 Å². The van der Waals surface area contributed by atoms with Gasteiger partial charge in [-0.1, -0.05) is 57.5 Å². The van der Waals surface area contributed by atoms with Crippen molar-refractivity contribution in [3.8, 4) is 0 Å². The summed E-state index contributed by atoms with van der Waals surface area (Å²) in [5.74, 6) is -0.0550. The van der Waals surface area contributed by atoms with Crippen molar-refractivity contribution in [3.63, 3.8) is 0 Å². The minimum atomic E-state index is -0.528. The zero-order valence-corrected chi connectivity index (χ0v) is 19.3. The number of hydrogen-bond acceptors (Lipinski definition) is 6. The average molecular weight is 455 g/mol. The number of aromatic amines is 1. The average Bonchev–Trinajstić information content (AvgIpc) is 3.14. The molecule has 0 bridgehead atoms. The minimum absolute atomic E-state index is 0.000579. The van der Waals surface area contributed by atoms with E-state index in [1.807, 2.05) is 20.8 Å². The molecule has 0 amide bonds. The molecular weight excluding hydrogens is 424 g/mol. The highest BCUT2D eigenvalue weighted by Gasteiger charge is 2.20. The van der Waals surface area contributed by atoms with E-state index in [1.165, 1.54) is 4.57 Å². The minimum Gasteiger partial charge on any atom is -0.457 e. The highest BCUT2D eigenvalue weighted by Crippen LogP contribution is 2.16. The molecular formula is C24H30N4O5.